The first-order valence-corrected chi connectivity index (χ1v) is 6.76. The zero-order valence-electron chi connectivity index (χ0n) is 7.99. The van der Waals surface area contributed by atoms with Crippen LogP contribution in [0.25, 0.3) is 0 Å². The van der Waals surface area contributed by atoms with Crippen LogP contribution in [0.1, 0.15) is 19.8 Å². The van der Waals surface area contributed by atoms with Gasteiger partial charge in [-0.15, -0.1) is 11.3 Å². The van der Waals surface area contributed by atoms with Crippen molar-refractivity contribution >= 4 is 27.0 Å². The van der Waals surface area contributed by atoms with Crippen LogP contribution in [0.3, 0.4) is 0 Å². The van der Waals surface area contributed by atoms with Crippen molar-refractivity contribution < 1.29 is 8.42 Å². The molecule has 0 aliphatic heterocycles. The van der Waals surface area contributed by atoms with E-state index >= 15 is 0 Å². The molecule has 80 valence electrons. The Morgan fingerprint density at radius 2 is 2.29 bits per heavy atom. The lowest BCUT2D eigenvalue weighted by atomic mass is 10.3. The molecule has 0 bridgehead atoms. The predicted molar refractivity (Wildman–Crippen MR) is 58.8 cm³/mol. The molecule has 1 heterocycles. The van der Waals surface area contributed by atoms with Gasteiger partial charge in [0.1, 0.15) is 4.21 Å². The summed E-state index contributed by atoms with van der Waals surface area (Å²) in [5, 5.41) is 1.62. The molecule has 0 saturated heterocycles. The Labute approximate surface area is 88.2 Å². The average molecular weight is 234 g/mol. The van der Waals surface area contributed by atoms with E-state index in [1.807, 2.05) is 6.92 Å². The van der Waals surface area contributed by atoms with Gasteiger partial charge in [0.2, 0.25) is 10.0 Å². The molecule has 0 amide bonds. The van der Waals surface area contributed by atoms with Crippen molar-refractivity contribution in [2.75, 3.05) is 12.3 Å². The minimum atomic E-state index is -3.32. The minimum Gasteiger partial charge on any atom is -0.398 e. The number of anilines is 1. The Kier molecular flexibility index (Phi) is 3.91. The van der Waals surface area contributed by atoms with Crippen molar-refractivity contribution in [1.82, 2.24) is 4.72 Å². The maximum Gasteiger partial charge on any atom is 0.250 e. The predicted octanol–water partition coefficient (Wildman–Crippen LogP) is 1.41. The summed E-state index contributed by atoms with van der Waals surface area (Å²) in [6, 6.07) is 1.47. The second kappa shape index (κ2) is 4.77. The van der Waals surface area contributed by atoms with Gasteiger partial charge >= 0.3 is 0 Å². The lowest BCUT2D eigenvalue weighted by Crippen LogP contribution is -2.23. The number of sulfonamides is 1. The average Bonchev–Trinajstić information content (AvgIpc) is 2.53. The van der Waals surface area contributed by atoms with Gasteiger partial charge in [-0.3, -0.25) is 0 Å². The molecule has 0 radical (unpaired) electrons. The van der Waals surface area contributed by atoms with Gasteiger partial charge in [0.15, 0.2) is 0 Å². The summed E-state index contributed by atoms with van der Waals surface area (Å²) < 4.78 is 25.9. The molecule has 1 aromatic rings. The molecule has 0 aliphatic rings. The number of nitrogen functional groups attached to an aromatic ring is 1. The number of unbranched alkanes of at least 4 members (excludes halogenated alkanes) is 1. The molecule has 0 saturated carbocycles. The minimum absolute atomic E-state index is 0.283. The summed E-state index contributed by atoms with van der Waals surface area (Å²) in [7, 11) is -3.32. The Morgan fingerprint density at radius 3 is 2.79 bits per heavy atom. The normalized spacial score (nSPS) is 11.8. The summed E-state index contributed by atoms with van der Waals surface area (Å²) in [5.41, 5.74) is 5.94. The van der Waals surface area contributed by atoms with Gasteiger partial charge < -0.3 is 5.73 Å². The topological polar surface area (TPSA) is 72.2 Å². The first-order chi connectivity index (χ1) is 6.56. The standard InChI is InChI=1S/C8H14N2O2S2/c1-2-3-4-10-14(11,12)8-5-7(9)6-13-8/h5-6,10H,2-4,9H2,1H3. The molecular weight excluding hydrogens is 220 g/mol. The highest BCUT2D eigenvalue weighted by atomic mass is 32.2. The van der Waals surface area contributed by atoms with E-state index in [0.717, 1.165) is 24.2 Å². The number of rotatable bonds is 5. The fraction of sp³-hybridized carbons (Fsp3) is 0.500. The van der Waals surface area contributed by atoms with Gasteiger partial charge in [-0.2, -0.15) is 0 Å². The number of nitrogens with two attached hydrogens (primary N) is 1. The van der Waals surface area contributed by atoms with Crippen molar-refractivity contribution in [3.8, 4) is 0 Å². The number of nitrogens with one attached hydrogen (secondary N) is 1. The third kappa shape index (κ3) is 2.97. The third-order valence-electron chi connectivity index (χ3n) is 1.68. The van der Waals surface area contributed by atoms with Gasteiger partial charge in [-0.25, -0.2) is 13.1 Å². The monoisotopic (exact) mass is 234 g/mol. The van der Waals surface area contributed by atoms with E-state index in [1.54, 1.807) is 5.38 Å². The van der Waals surface area contributed by atoms with Gasteiger partial charge in [0, 0.05) is 17.6 Å². The fourth-order valence-electron chi connectivity index (χ4n) is 0.926. The third-order valence-corrected chi connectivity index (χ3v) is 4.60. The number of thiophene rings is 1. The molecule has 0 spiro atoms. The van der Waals surface area contributed by atoms with E-state index in [1.165, 1.54) is 6.07 Å². The second-order valence-corrected chi connectivity index (χ2v) is 5.86. The maximum atomic E-state index is 11.6. The Hall–Kier alpha value is -0.590. The van der Waals surface area contributed by atoms with Crippen LogP contribution in [-0.4, -0.2) is 15.0 Å². The summed E-state index contributed by atoms with van der Waals surface area (Å²) in [6.45, 7) is 2.49. The van der Waals surface area contributed by atoms with E-state index in [4.69, 9.17) is 5.73 Å². The van der Waals surface area contributed by atoms with Crippen molar-refractivity contribution in [1.29, 1.82) is 0 Å². The van der Waals surface area contributed by atoms with E-state index in [-0.39, 0.29) is 4.21 Å². The van der Waals surface area contributed by atoms with E-state index in [9.17, 15) is 8.42 Å². The molecule has 0 aromatic carbocycles. The molecule has 0 unspecified atom stereocenters. The Balaban J connectivity index is 2.66. The lowest BCUT2D eigenvalue weighted by molar-refractivity contribution is 0.580. The van der Waals surface area contributed by atoms with Crippen LogP contribution in [0.5, 0.6) is 0 Å². The smallest absolute Gasteiger partial charge is 0.250 e. The zero-order chi connectivity index (χ0) is 10.6. The SMILES string of the molecule is CCCCNS(=O)(=O)c1cc(N)cs1. The van der Waals surface area contributed by atoms with E-state index in [2.05, 4.69) is 4.72 Å². The van der Waals surface area contributed by atoms with Crippen LogP contribution >= 0.6 is 11.3 Å². The molecule has 4 nitrogen and oxygen atoms in total. The highest BCUT2D eigenvalue weighted by Gasteiger charge is 2.14. The van der Waals surface area contributed by atoms with Crippen LogP contribution in [0, 0.1) is 0 Å². The van der Waals surface area contributed by atoms with Crippen LogP contribution in [-0.2, 0) is 10.0 Å². The molecular formula is C8H14N2O2S2. The maximum absolute atomic E-state index is 11.6. The van der Waals surface area contributed by atoms with E-state index in [0.29, 0.717) is 12.2 Å². The van der Waals surface area contributed by atoms with Gasteiger partial charge in [-0.1, -0.05) is 13.3 Å². The van der Waals surface area contributed by atoms with Gasteiger partial charge in [0.25, 0.3) is 0 Å². The number of hydrogen-bond donors (Lipinski definition) is 2. The molecule has 1 rings (SSSR count). The van der Waals surface area contributed by atoms with Crippen molar-refractivity contribution in [3.05, 3.63) is 11.4 Å². The highest BCUT2D eigenvalue weighted by molar-refractivity contribution is 7.91. The van der Waals surface area contributed by atoms with Gasteiger partial charge in [-0.05, 0) is 12.5 Å². The number of hydrogen-bond acceptors (Lipinski definition) is 4. The molecule has 0 fully saturated rings. The van der Waals surface area contributed by atoms with E-state index < -0.39 is 10.0 Å². The second-order valence-electron chi connectivity index (χ2n) is 2.95. The summed E-state index contributed by atoms with van der Waals surface area (Å²) >= 11 is 1.14. The molecule has 0 aliphatic carbocycles. The van der Waals surface area contributed by atoms with Crippen molar-refractivity contribution in [3.63, 3.8) is 0 Å². The molecule has 6 heteroatoms. The lowest BCUT2D eigenvalue weighted by Gasteiger charge is -2.02. The molecule has 1 aromatic heterocycles. The first-order valence-electron chi connectivity index (χ1n) is 4.40. The quantitative estimate of drug-likeness (QED) is 0.757. The van der Waals surface area contributed by atoms with Crippen LogP contribution < -0.4 is 10.5 Å². The van der Waals surface area contributed by atoms with Crippen LogP contribution in [0.4, 0.5) is 5.69 Å². The van der Waals surface area contributed by atoms with Crippen LogP contribution in [0.2, 0.25) is 0 Å². The summed E-state index contributed by atoms with van der Waals surface area (Å²) in [6.07, 6.45) is 1.81. The first kappa shape index (κ1) is 11.5. The summed E-state index contributed by atoms with van der Waals surface area (Å²) in [4.78, 5) is 0. The Bertz CT molecular complexity index is 384. The largest absolute Gasteiger partial charge is 0.398 e. The fourth-order valence-corrected chi connectivity index (χ4v) is 3.12. The highest BCUT2D eigenvalue weighted by Crippen LogP contribution is 2.21. The summed E-state index contributed by atoms with van der Waals surface area (Å²) in [5.74, 6) is 0. The Morgan fingerprint density at radius 1 is 1.57 bits per heavy atom. The molecule has 14 heavy (non-hydrogen) atoms. The molecule has 0 atom stereocenters. The van der Waals surface area contributed by atoms with Gasteiger partial charge in [0.05, 0.1) is 0 Å². The van der Waals surface area contributed by atoms with Crippen molar-refractivity contribution in [2.45, 2.75) is 24.0 Å². The molecule has 3 N–H and O–H groups in total. The zero-order valence-corrected chi connectivity index (χ0v) is 9.62. The van der Waals surface area contributed by atoms with Crippen LogP contribution in [0.15, 0.2) is 15.7 Å². The van der Waals surface area contributed by atoms with Crippen molar-refractivity contribution in [2.24, 2.45) is 0 Å².